The average Bonchev–Trinajstić information content (AvgIpc) is 4.20. The Morgan fingerprint density at radius 2 is 0.950 bits per heavy atom. The van der Waals surface area contributed by atoms with Crippen LogP contribution >= 0.6 is 0 Å². The van der Waals surface area contributed by atoms with Crippen molar-refractivity contribution in [1.82, 2.24) is 14.1 Å². The van der Waals surface area contributed by atoms with Crippen LogP contribution in [-0.2, 0) is 35.6 Å². The van der Waals surface area contributed by atoms with Crippen LogP contribution in [0.1, 0.15) is 79.0 Å². The van der Waals surface area contributed by atoms with Crippen LogP contribution in [0, 0.1) is 3.80 Å². The van der Waals surface area contributed by atoms with Crippen LogP contribution in [0.15, 0.2) is 237 Å². The second-order valence-electron chi connectivity index (χ2n) is 24.0. The Morgan fingerprint density at radius 3 is 1.60 bits per heavy atom. The minimum atomic E-state index is -0.220. The van der Waals surface area contributed by atoms with Gasteiger partial charge in [0.15, 0.2) is 0 Å². The number of para-hydroxylation sites is 6. The number of nitrogens with zero attached hydrogens (tertiary/aromatic N) is 5. The third-order valence-electron chi connectivity index (χ3n) is 15.5. The summed E-state index contributed by atoms with van der Waals surface area (Å²) in [6.07, 6.45) is 0. The number of rotatable bonds is 10. The number of ether oxygens (including phenoxy) is 1. The van der Waals surface area contributed by atoms with E-state index in [1.165, 1.54) is 27.8 Å². The van der Waals surface area contributed by atoms with E-state index in [9.17, 15) is 0 Å². The van der Waals surface area contributed by atoms with Crippen molar-refractivity contribution in [3.05, 3.63) is 257 Å². The van der Waals surface area contributed by atoms with E-state index in [1.54, 1.807) is 0 Å². The summed E-state index contributed by atoms with van der Waals surface area (Å²) in [6, 6.07) is 85.2. The Morgan fingerprint density at radius 1 is 0.412 bits per heavy atom. The van der Waals surface area contributed by atoms with Gasteiger partial charge in [0, 0.05) is 5.69 Å². The van der Waals surface area contributed by atoms with E-state index in [-0.39, 0.29) is 23.2 Å². The summed E-state index contributed by atoms with van der Waals surface area (Å²) in [5, 5.41) is 0. The molecular formula is C72H66BN5OPt. The van der Waals surface area contributed by atoms with E-state index in [4.69, 9.17) is 9.72 Å². The third kappa shape index (κ3) is 9.77. The first-order valence-electron chi connectivity index (χ1n) is 27.7. The zero-order valence-electron chi connectivity index (χ0n) is 47.1. The fraction of sp³-hybridized carbons (Fsp3) is 0.167. The monoisotopic (exact) mass is 1220 g/mol. The van der Waals surface area contributed by atoms with Crippen LogP contribution in [0.2, 0.25) is 0 Å². The number of aromatic nitrogens is 3. The average molecular weight is 1220 g/mol. The predicted octanol–water partition coefficient (Wildman–Crippen LogP) is 18.3. The van der Waals surface area contributed by atoms with Crippen LogP contribution in [0.3, 0.4) is 0 Å². The quantitative estimate of drug-likeness (QED) is 0.128. The first kappa shape index (κ1) is 52.5. The van der Waals surface area contributed by atoms with Gasteiger partial charge in [0.25, 0.3) is 0 Å². The summed E-state index contributed by atoms with van der Waals surface area (Å²) in [4.78, 5) is 10.2. The normalized spacial score (nSPS) is 12.8. The zero-order valence-corrected chi connectivity index (χ0v) is 49.3. The molecule has 0 bridgehead atoms. The predicted molar refractivity (Wildman–Crippen MR) is 332 cm³/mol. The van der Waals surface area contributed by atoms with Crippen LogP contribution in [0.4, 0.5) is 22.9 Å². The Bertz CT molecular complexity index is 4120. The number of benzene rings is 9. The van der Waals surface area contributed by atoms with E-state index in [2.05, 4.69) is 331 Å². The fourth-order valence-electron chi connectivity index (χ4n) is 11.4. The molecule has 0 unspecified atom stereocenters. The first-order valence-corrected chi connectivity index (χ1v) is 28.9. The Labute approximate surface area is 483 Å². The van der Waals surface area contributed by atoms with E-state index >= 15 is 0 Å². The van der Waals surface area contributed by atoms with Gasteiger partial charge in [-0.15, -0.1) is 0 Å². The number of pyridine rings is 1. The Hall–Kier alpha value is -8.25. The van der Waals surface area contributed by atoms with Crippen molar-refractivity contribution in [3.8, 4) is 56.4 Å². The van der Waals surface area contributed by atoms with Gasteiger partial charge < -0.3 is 0 Å². The van der Waals surface area contributed by atoms with Crippen LogP contribution in [0.25, 0.3) is 55.8 Å². The van der Waals surface area contributed by atoms with E-state index in [0.717, 1.165) is 76.8 Å². The molecule has 9 aromatic carbocycles. The maximum absolute atomic E-state index is 7.34. The van der Waals surface area contributed by atoms with E-state index in [0.29, 0.717) is 11.6 Å². The summed E-state index contributed by atoms with van der Waals surface area (Å²) in [7, 11) is 0. The van der Waals surface area contributed by atoms with E-state index in [1.807, 2.05) is 6.07 Å². The number of fused-ring (bicyclic) bond motifs is 2. The number of hydrogen-bond donors (Lipinski definition) is 0. The molecule has 0 amide bonds. The fourth-order valence-corrected chi connectivity index (χ4v) is 12.5. The standard InChI is InChI=1S/C72H66BN5O.Pt/c1-70(2,3)52-45-51(46-53(47-52)71(4,5)6)58-35-25-34-57(50-27-13-10-14-28-50)69(58)76-49-75(62-37-21-22-38-63(62)76)56-43-44-60(59-33-19-20-36-61(59)72(7,8)9)66(48-56)79-68-42-26-41-67(74-68)78-65-40-24-23-39-64(65)77(55-31-17-12-18-32-55)73(78)54-29-15-11-16-30-54;/h10-48H,1-9H3;. The molecular weight excluding hydrogens is 1160 g/mol. The summed E-state index contributed by atoms with van der Waals surface area (Å²) in [6.45, 7) is 20.5. The van der Waals surface area contributed by atoms with Gasteiger partial charge in [0.05, 0.1) is 0 Å². The summed E-state index contributed by atoms with van der Waals surface area (Å²) in [5.74, 6) is 1.97. The van der Waals surface area contributed by atoms with Crippen molar-refractivity contribution in [2.45, 2.75) is 78.6 Å². The molecule has 1 aliphatic heterocycles. The van der Waals surface area contributed by atoms with Gasteiger partial charge in [-0.05, 0) is 18.2 Å². The SMILES string of the molecule is CC(C)(C)c1cc(-c2cccc(-c3ccccc3)c2-n2[c](=[Pt])n(-c3ccc(-c4ccccc4C(C)(C)C)c(Oc4cccc(N5B(c6ccccc6)N(c6ccccc6)c6ccccc65)n4)c3)c3ccccc32)cc(C(C)(C)C)c1. The molecule has 0 saturated carbocycles. The van der Waals surface area contributed by atoms with Crippen molar-refractivity contribution < 1.29 is 24.1 Å². The molecule has 0 atom stereocenters. The molecule has 80 heavy (non-hydrogen) atoms. The number of anilines is 4. The van der Waals surface area contributed by atoms with Gasteiger partial charge in [-0.3, -0.25) is 0 Å². The third-order valence-corrected chi connectivity index (χ3v) is 16.5. The van der Waals surface area contributed by atoms with Gasteiger partial charge in [0.2, 0.25) is 0 Å². The van der Waals surface area contributed by atoms with Crippen LogP contribution in [0.5, 0.6) is 11.6 Å². The van der Waals surface area contributed by atoms with Gasteiger partial charge >= 0.3 is 402 Å². The zero-order chi connectivity index (χ0) is 55.5. The molecule has 0 saturated heterocycles. The second kappa shape index (κ2) is 20.8. The summed E-state index contributed by atoms with van der Waals surface area (Å²) >= 11 is 2.56. The molecule has 6 nitrogen and oxygen atoms in total. The molecule has 12 rings (SSSR count). The molecule has 398 valence electrons. The molecule has 0 fully saturated rings. The topological polar surface area (TPSA) is 38.5 Å². The van der Waals surface area contributed by atoms with Gasteiger partial charge in [-0.25, -0.2) is 0 Å². The van der Waals surface area contributed by atoms with Crippen molar-refractivity contribution in [1.29, 1.82) is 0 Å². The van der Waals surface area contributed by atoms with Crippen LogP contribution < -0.4 is 19.8 Å². The Kier molecular flexibility index (Phi) is 13.6. The van der Waals surface area contributed by atoms with Gasteiger partial charge in [-0.2, -0.15) is 0 Å². The number of hydrogen-bond acceptors (Lipinski definition) is 4. The summed E-state index contributed by atoms with van der Waals surface area (Å²) in [5.41, 5.74) is 19.0. The first-order chi connectivity index (χ1) is 38.5. The van der Waals surface area contributed by atoms with Crippen molar-refractivity contribution in [2.75, 3.05) is 9.62 Å². The van der Waals surface area contributed by atoms with Crippen molar-refractivity contribution >= 4 is 46.4 Å². The molecule has 2 aromatic heterocycles. The second-order valence-corrected chi connectivity index (χ2v) is 25.0. The van der Waals surface area contributed by atoms with Crippen molar-refractivity contribution in [2.24, 2.45) is 0 Å². The molecule has 8 heteroatoms. The van der Waals surface area contributed by atoms with E-state index < -0.39 is 0 Å². The molecule has 0 N–H and O–H groups in total. The van der Waals surface area contributed by atoms with Gasteiger partial charge in [-0.1, -0.05) is 60.7 Å². The minimum absolute atomic E-state index is 0.0607. The molecule has 0 aliphatic carbocycles. The molecule has 3 heterocycles. The number of imidazole rings is 1. The maximum atomic E-state index is 7.34. The molecule has 0 spiro atoms. The van der Waals surface area contributed by atoms with Gasteiger partial charge in [0.1, 0.15) is 0 Å². The van der Waals surface area contributed by atoms with Crippen LogP contribution in [-0.4, -0.2) is 21.1 Å². The van der Waals surface area contributed by atoms with Crippen molar-refractivity contribution in [3.63, 3.8) is 0 Å². The molecule has 1 aliphatic rings. The Balaban J connectivity index is 1.06. The molecule has 11 aromatic rings. The summed E-state index contributed by atoms with van der Waals surface area (Å²) < 4.78 is 13.2. The molecule has 0 radical (unpaired) electrons.